The van der Waals surface area contributed by atoms with Crippen LogP contribution in [0.5, 0.6) is 11.5 Å². The zero-order valence-electron chi connectivity index (χ0n) is 20.0. The second kappa shape index (κ2) is 9.31. The fourth-order valence-electron chi connectivity index (χ4n) is 4.51. The number of aromatic nitrogens is 3. The number of aromatic amines is 1. The van der Waals surface area contributed by atoms with E-state index in [1.165, 1.54) is 15.9 Å². The monoisotopic (exact) mass is 523 g/mol. The number of ether oxygens (including phenoxy) is 2. The Bertz CT molecular complexity index is 1890. The van der Waals surface area contributed by atoms with E-state index >= 15 is 0 Å². The van der Waals surface area contributed by atoms with Gasteiger partial charge in [-0.2, -0.15) is 0 Å². The van der Waals surface area contributed by atoms with Crippen LogP contribution in [-0.2, 0) is 0 Å². The molecular formula is C29H21N3O3S2. The van der Waals surface area contributed by atoms with Crippen LogP contribution in [0.25, 0.3) is 48.5 Å². The van der Waals surface area contributed by atoms with Gasteiger partial charge in [-0.25, -0.2) is 9.55 Å². The zero-order valence-corrected chi connectivity index (χ0v) is 21.7. The highest BCUT2D eigenvalue weighted by atomic mass is 32.1. The van der Waals surface area contributed by atoms with E-state index in [2.05, 4.69) is 23.2 Å². The third-order valence-electron chi connectivity index (χ3n) is 6.29. The fourth-order valence-corrected chi connectivity index (χ4v) is 5.88. The van der Waals surface area contributed by atoms with E-state index in [9.17, 15) is 4.79 Å². The molecule has 6 nitrogen and oxygen atoms in total. The molecule has 37 heavy (non-hydrogen) atoms. The molecule has 6 rings (SSSR count). The Kier molecular flexibility index (Phi) is 5.82. The standard InChI is InChI=1S/C29H21N3O3S2/c1-34-19-14-12-18(13-15-19)21-16-20(17-8-4-3-5-9-17)24-25-26(37-27(24)30-21)28(33)32(29(36)31-25)22-10-6-7-11-23(22)35-2/h3-16H,1-2H3,(H,31,36). The Morgan fingerprint density at radius 2 is 1.62 bits per heavy atom. The number of hydrogen-bond acceptors (Lipinski definition) is 6. The summed E-state index contributed by atoms with van der Waals surface area (Å²) in [5, 5.41) is 0.874. The molecule has 3 aromatic heterocycles. The lowest BCUT2D eigenvalue weighted by Gasteiger charge is -2.11. The summed E-state index contributed by atoms with van der Waals surface area (Å²) in [5.74, 6) is 1.34. The van der Waals surface area contributed by atoms with Crippen LogP contribution in [0, 0.1) is 4.77 Å². The molecule has 0 aliphatic heterocycles. The van der Waals surface area contributed by atoms with Gasteiger partial charge in [0.1, 0.15) is 21.0 Å². The SMILES string of the molecule is COc1ccc(-c2cc(-c3ccccc3)c3c(n2)sc2c(=O)n(-c4ccccc4OC)c(=S)[nH]c23)cc1. The summed E-state index contributed by atoms with van der Waals surface area (Å²) < 4.78 is 13.1. The summed E-state index contributed by atoms with van der Waals surface area (Å²) in [5.41, 5.74) is 4.83. The van der Waals surface area contributed by atoms with Gasteiger partial charge in [0.05, 0.1) is 31.1 Å². The summed E-state index contributed by atoms with van der Waals surface area (Å²) in [6.07, 6.45) is 0. The van der Waals surface area contributed by atoms with Crippen molar-refractivity contribution in [2.75, 3.05) is 14.2 Å². The molecule has 0 amide bonds. The quantitative estimate of drug-likeness (QED) is 0.246. The van der Waals surface area contributed by atoms with Gasteiger partial charge in [-0.05, 0) is 65.8 Å². The van der Waals surface area contributed by atoms with Crippen LogP contribution in [-0.4, -0.2) is 28.8 Å². The van der Waals surface area contributed by atoms with E-state index in [4.69, 9.17) is 26.7 Å². The maximum Gasteiger partial charge on any atom is 0.277 e. The number of fused-ring (bicyclic) bond motifs is 3. The molecule has 3 aromatic carbocycles. The minimum Gasteiger partial charge on any atom is -0.497 e. The summed E-state index contributed by atoms with van der Waals surface area (Å²) in [7, 11) is 3.22. The number of H-pyrrole nitrogens is 1. The number of methoxy groups -OCH3 is 2. The first kappa shape index (κ1) is 23.1. The Balaban J connectivity index is 1.68. The molecular weight excluding hydrogens is 502 g/mol. The second-order valence-corrected chi connectivity index (χ2v) is 9.76. The summed E-state index contributed by atoms with van der Waals surface area (Å²) >= 11 is 7.05. The lowest BCUT2D eigenvalue weighted by Crippen LogP contribution is -2.20. The predicted octanol–water partition coefficient (Wildman–Crippen LogP) is 7.01. The Labute approximate surface area is 221 Å². The van der Waals surface area contributed by atoms with Crippen molar-refractivity contribution in [3.63, 3.8) is 0 Å². The lowest BCUT2D eigenvalue weighted by molar-refractivity contribution is 0.412. The van der Waals surface area contributed by atoms with Gasteiger partial charge in [0.2, 0.25) is 0 Å². The van der Waals surface area contributed by atoms with Gasteiger partial charge >= 0.3 is 0 Å². The normalized spacial score (nSPS) is 11.2. The second-order valence-electron chi connectivity index (χ2n) is 8.38. The van der Waals surface area contributed by atoms with Crippen molar-refractivity contribution < 1.29 is 9.47 Å². The highest BCUT2D eigenvalue weighted by Crippen LogP contribution is 2.39. The molecule has 0 saturated carbocycles. The first-order valence-electron chi connectivity index (χ1n) is 11.5. The topological polar surface area (TPSA) is 69.1 Å². The first-order chi connectivity index (χ1) is 18.1. The lowest BCUT2D eigenvalue weighted by atomic mass is 10.00. The maximum absolute atomic E-state index is 13.9. The average molecular weight is 524 g/mol. The Hall–Kier alpha value is -4.27. The van der Waals surface area contributed by atoms with Crippen molar-refractivity contribution in [2.24, 2.45) is 0 Å². The molecule has 0 bridgehead atoms. The largest absolute Gasteiger partial charge is 0.497 e. The number of hydrogen-bond donors (Lipinski definition) is 1. The van der Waals surface area contributed by atoms with Crippen LogP contribution in [0.15, 0.2) is 89.7 Å². The molecule has 0 fully saturated rings. The number of nitrogens with one attached hydrogen (secondary N) is 1. The maximum atomic E-state index is 13.9. The number of pyridine rings is 1. The zero-order chi connectivity index (χ0) is 25.5. The van der Waals surface area contributed by atoms with Crippen LogP contribution < -0.4 is 15.0 Å². The summed E-state index contributed by atoms with van der Waals surface area (Å²) in [6.45, 7) is 0. The molecule has 1 N–H and O–H groups in total. The van der Waals surface area contributed by atoms with Crippen LogP contribution in [0.2, 0.25) is 0 Å². The van der Waals surface area contributed by atoms with Crippen molar-refractivity contribution in [3.05, 3.63) is 100 Å². The molecule has 0 radical (unpaired) electrons. The van der Waals surface area contributed by atoms with Gasteiger partial charge in [0, 0.05) is 10.9 Å². The van der Waals surface area contributed by atoms with Crippen LogP contribution in [0.4, 0.5) is 0 Å². The number of thiophene rings is 1. The number of nitrogens with zero attached hydrogens (tertiary/aromatic N) is 2. The molecule has 0 aliphatic rings. The van der Waals surface area contributed by atoms with Gasteiger partial charge in [-0.3, -0.25) is 4.79 Å². The smallest absolute Gasteiger partial charge is 0.277 e. The molecule has 0 atom stereocenters. The summed E-state index contributed by atoms with van der Waals surface area (Å²) in [6, 6.07) is 27.3. The molecule has 0 unspecified atom stereocenters. The van der Waals surface area contributed by atoms with Crippen molar-refractivity contribution in [1.29, 1.82) is 0 Å². The van der Waals surface area contributed by atoms with Crippen LogP contribution in [0.1, 0.15) is 0 Å². The van der Waals surface area contributed by atoms with Crippen LogP contribution in [0.3, 0.4) is 0 Å². The average Bonchev–Trinajstić information content (AvgIpc) is 3.32. The van der Waals surface area contributed by atoms with Crippen molar-refractivity contribution >= 4 is 44.0 Å². The van der Waals surface area contributed by atoms with E-state index in [0.717, 1.165) is 38.4 Å². The highest BCUT2D eigenvalue weighted by Gasteiger charge is 2.20. The molecule has 8 heteroatoms. The predicted molar refractivity (Wildman–Crippen MR) is 152 cm³/mol. The number of rotatable bonds is 5. The van der Waals surface area contributed by atoms with E-state index < -0.39 is 0 Å². The minimum absolute atomic E-state index is 0.212. The molecule has 6 aromatic rings. The Morgan fingerprint density at radius 1 is 0.892 bits per heavy atom. The van der Waals surface area contributed by atoms with Gasteiger partial charge in [0.15, 0.2) is 4.77 Å². The highest BCUT2D eigenvalue weighted by molar-refractivity contribution is 7.71. The van der Waals surface area contributed by atoms with Gasteiger partial charge in [0.25, 0.3) is 5.56 Å². The van der Waals surface area contributed by atoms with Crippen LogP contribution >= 0.6 is 23.6 Å². The number of benzene rings is 3. The third-order valence-corrected chi connectivity index (χ3v) is 7.65. The van der Waals surface area contributed by atoms with Crippen molar-refractivity contribution in [3.8, 4) is 39.6 Å². The molecule has 182 valence electrons. The van der Waals surface area contributed by atoms with E-state index in [1.54, 1.807) is 14.2 Å². The minimum atomic E-state index is -0.212. The van der Waals surface area contributed by atoms with E-state index in [-0.39, 0.29) is 5.56 Å². The molecule has 0 aliphatic carbocycles. The molecule has 0 saturated heterocycles. The van der Waals surface area contributed by atoms with Gasteiger partial charge in [-0.1, -0.05) is 42.5 Å². The number of para-hydroxylation sites is 2. The van der Waals surface area contributed by atoms with Crippen molar-refractivity contribution in [1.82, 2.24) is 14.5 Å². The Morgan fingerprint density at radius 3 is 2.35 bits per heavy atom. The first-order valence-corrected chi connectivity index (χ1v) is 12.8. The van der Waals surface area contributed by atoms with Gasteiger partial charge in [-0.15, -0.1) is 11.3 Å². The molecule has 3 heterocycles. The van der Waals surface area contributed by atoms with Gasteiger partial charge < -0.3 is 14.5 Å². The van der Waals surface area contributed by atoms with Crippen molar-refractivity contribution in [2.45, 2.75) is 0 Å². The fraction of sp³-hybridized carbons (Fsp3) is 0.0690. The van der Waals surface area contributed by atoms with E-state index in [1.807, 2.05) is 66.7 Å². The van der Waals surface area contributed by atoms with E-state index in [0.29, 0.717) is 26.4 Å². The molecule has 0 spiro atoms. The summed E-state index contributed by atoms with van der Waals surface area (Å²) in [4.78, 5) is 22.9. The third kappa shape index (κ3) is 3.91.